The van der Waals surface area contributed by atoms with Crippen molar-refractivity contribution >= 4 is 22.7 Å². The van der Waals surface area contributed by atoms with Crippen LogP contribution < -0.4 is 5.11 Å². The monoisotopic (exact) mass is 311 g/mol. The third-order valence-corrected chi connectivity index (χ3v) is 3.54. The van der Waals surface area contributed by atoms with Gasteiger partial charge in [0.25, 0.3) is 5.69 Å². The number of carbonyl (C=O) groups excluding carboxylic acids is 1. The topological polar surface area (TPSA) is 114 Å². The van der Waals surface area contributed by atoms with Crippen LogP contribution in [0, 0.1) is 17.0 Å². The molecule has 0 aliphatic heterocycles. The molecule has 23 heavy (non-hydrogen) atoms. The van der Waals surface area contributed by atoms with Crippen LogP contribution in [-0.2, 0) is 7.05 Å². The number of carboxylic acids is 1. The van der Waals surface area contributed by atoms with E-state index in [4.69, 9.17) is 0 Å². The zero-order valence-corrected chi connectivity index (χ0v) is 12.3. The maximum Gasteiger partial charge on any atom is 0.270 e. The largest absolute Gasteiger partial charge is 0.545 e. The third kappa shape index (κ3) is 2.39. The highest BCUT2D eigenvalue weighted by atomic mass is 16.6. The number of non-ortho nitro benzene ring substituents is 1. The van der Waals surface area contributed by atoms with E-state index in [-0.39, 0.29) is 11.3 Å². The Balaban J connectivity index is 2.31. The Kier molecular flexibility index (Phi) is 3.29. The van der Waals surface area contributed by atoms with E-state index in [1.54, 1.807) is 20.0 Å². The lowest BCUT2D eigenvalue weighted by Gasteiger charge is -2.09. The van der Waals surface area contributed by atoms with Gasteiger partial charge in [0.1, 0.15) is 0 Å². The second-order valence-electron chi connectivity index (χ2n) is 5.06. The van der Waals surface area contributed by atoms with Crippen LogP contribution in [0.2, 0.25) is 0 Å². The summed E-state index contributed by atoms with van der Waals surface area (Å²) in [5.74, 6) is -1.35. The molecular weight excluding hydrogens is 300 g/mol. The highest BCUT2D eigenvalue weighted by molar-refractivity contribution is 6.03. The molecule has 3 rings (SSSR count). The molecule has 0 radical (unpaired) electrons. The number of benzene rings is 1. The molecule has 0 unspecified atom stereocenters. The smallest absolute Gasteiger partial charge is 0.270 e. The molecule has 0 amide bonds. The van der Waals surface area contributed by atoms with Crippen LogP contribution in [-0.4, -0.2) is 25.7 Å². The number of aryl methyl sites for hydroxylation is 2. The van der Waals surface area contributed by atoms with Gasteiger partial charge < -0.3 is 9.90 Å². The van der Waals surface area contributed by atoms with E-state index in [0.717, 1.165) is 0 Å². The summed E-state index contributed by atoms with van der Waals surface area (Å²) >= 11 is 0. The maximum absolute atomic E-state index is 11.5. The Bertz CT molecular complexity index is 962. The molecule has 2 aromatic heterocycles. The third-order valence-electron chi connectivity index (χ3n) is 3.54. The van der Waals surface area contributed by atoms with Gasteiger partial charge in [0.15, 0.2) is 5.65 Å². The number of carboxylic acid groups (broad SMARTS) is 1. The number of nitro benzene ring substituents is 1. The van der Waals surface area contributed by atoms with E-state index in [1.165, 1.54) is 28.9 Å². The standard InChI is InChI=1S/C15H12N4O4/c1-8-13-11(15(20)21)7-12(16-14(13)18(2)17-8)9-4-3-5-10(6-9)19(22)23/h3-7H,1-2H3,(H,20,21)/p-1. The summed E-state index contributed by atoms with van der Waals surface area (Å²) < 4.78 is 1.47. The minimum Gasteiger partial charge on any atom is -0.545 e. The first kappa shape index (κ1) is 14.6. The summed E-state index contributed by atoms with van der Waals surface area (Å²) in [5.41, 5.74) is 1.53. The van der Waals surface area contributed by atoms with Crippen LogP contribution in [0.4, 0.5) is 5.69 Å². The molecule has 1 aromatic carbocycles. The number of nitro groups is 1. The number of hydrogen-bond donors (Lipinski definition) is 0. The molecule has 0 saturated heterocycles. The van der Waals surface area contributed by atoms with Crippen molar-refractivity contribution in [2.75, 3.05) is 0 Å². The zero-order chi connectivity index (χ0) is 16.7. The predicted octanol–water partition coefficient (Wildman–Crippen LogP) is 1.22. The van der Waals surface area contributed by atoms with Gasteiger partial charge in [-0.1, -0.05) is 12.1 Å². The molecule has 0 atom stereocenters. The Morgan fingerprint density at radius 2 is 2.04 bits per heavy atom. The average molecular weight is 311 g/mol. The van der Waals surface area contributed by atoms with Crippen molar-refractivity contribution < 1.29 is 14.8 Å². The van der Waals surface area contributed by atoms with Crippen molar-refractivity contribution in [2.24, 2.45) is 7.05 Å². The first-order valence-electron chi connectivity index (χ1n) is 6.69. The number of nitrogens with zero attached hydrogens (tertiary/aromatic N) is 4. The fraction of sp³-hybridized carbons (Fsp3) is 0.133. The summed E-state index contributed by atoms with van der Waals surface area (Å²) in [5, 5.41) is 26.9. The highest BCUT2D eigenvalue weighted by Crippen LogP contribution is 2.28. The number of carbonyl (C=O) groups is 1. The molecule has 8 nitrogen and oxygen atoms in total. The van der Waals surface area contributed by atoms with Gasteiger partial charge >= 0.3 is 0 Å². The van der Waals surface area contributed by atoms with E-state index in [2.05, 4.69) is 10.1 Å². The van der Waals surface area contributed by atoms with Crippen molar-refractivity contribution in [3.63, 3.8) is 0 Å². The van der Waals surface area contributed by atoms with Gasteiger partial charge in [-0.2, -0.15) is 5.10 Å². The number of hydrogen-bond acceptors (Lipinski definition) is 6. The first-order valence-corrected chi connectivity index (χ1v) is 6.69. The molecule has 116 valence electrons. The summed E-state index contributed by atoms with van der Waals surface area (Å²) in [4.78, 5) is 26.2. The maximum atomic E-state index is 11.5. The molecule has 8 heteroatoms. The van der Waals surface area contributed by atoms with Gasteiger partial charge in [-0.15, -0.1) is 0 Å². The number of aromatic nitrogens is 3. The predicted molar refractivity (Wildman–Crippen MR) is 79.7 cm³/mol. The van der Waals surface area contributed by atoms with Crippen LogP contribution in [0.5, 0.6) is 0 Å². The lowest BCUT2D eigenvalue weighted by Crippen LogP contribution is -2.23. The molecule has 0 bridgehead atoms. The lowest BCUT2D eigenvalue weighted by atomic mass is 10.1. The minimum absolute atomic E-state index is 0.0397. The molecule has 0 N–H and O–H groups in total. The van der Waals surface area contributed by atoms with Gasteiger partial charge in [0.2, 0.25) is 0 Å². The number of rotatable bonds is 3. The minimum atomic E-state index is -1.35. The quantitative estimate of drug-likeness (QED) is 0.530. The van der Waals surface area contributed by atoms with Crippen molar-refractivity contribution in [1.82, 2.24) is 14.8 Å². The van der Waals surface area contributed by atoms with Crippen LogP contribution in [0.25, 0.3) is 22.3 Å². The number of pyridine rings is 1. The van der Waals surface area contributed by atoms with Gasteiger partial charge in [-0.3, -0.25) is 14.8 Å². The van der Waals surface area contributed by atoms with E-state index >= 15 is 0 Å². The SMILES string of the molecule is Cc1nn(C)c2nc(-c3cccc([N+](=O)[O-])c3)cc(C(=O)[O-])c12. The first-order chi connectivity index (χ1) is 10.9. The number of fused-ring (bicyclic) bond motifs is 1. The Morgan fingerprint density at radius 1 is 1.30 bits per heavy atom. The fourth-order valence-corrected chi connectivity index (χ4v) is 2.53. The summed E-state index contributed by atoms with van der Waals surface area (Å²) in [6.45, 7) is 1.68. The molecule has 0 fully saturated rings. The van der Waals surface area contributed by atoms with Gasteiger partial charge in [-0.05, 0) is 13.0 Å². The van der Waals surface area contributed by atoms with Crippen molar-refractivity contribution in [3.8, 4) is 11.3 Å². The average Bonchev–Trinajstić information content (AvgIpc) is 2.81. The number of aromatic carboxylic acids is 1. The normalized spacial score (nSPS) is 10.9. The molecule has 0 aliphatic rings. The van der Waals surface area contributed by atoms with Gasteiger partial charge in [-0.25, -0.2) is 4.98 Å². The fourth-order valence-electron chi connectivity index (χ4n) is 2.53. The molecule has 0 spiro atoms. The highest BCUT2D eigenvalue weighted by Gasteiger charge is 2.16. The molecule has 0 aliphatic carbocycles. The van der Waals surface area contributed by atoms with Crippen molar-refractivity contribution in [2.45, 2.75) is 6.92 Å². The van der Waals surface area contributed by atoms with Crippen LogP contribution in [0.1, 0.15) is 16.1 Å². The van der Waals surface area contributed by atoms with Crippen molar-refractivity contribution in [1.29, 1.82) is 0 Å². The zero-order valence-electron chi connectivity index (χ0n) is 12.3. The van der Waals surface area contributed by atoms with Crippen LogP contribution in [0.15, 0.2) is 30.3 Å². The Morgan fingerprint density at radius 3 is 2.70 bits per heavy atom. The van der Waals surface area contributed by atoms with Gasteiger partial charge in [0.05, 0.1) is 27.7 Å². The van der Waals surface area contributed by atoms with E-state index in [0.29, 0.717) is 28.0 Å². The van der Waals surface area contributed by atoms with E-state index in [9.17, 15) is 20.0 Å². The summed E-state index contributed by atoms with van der Waals surface area (Å²) in [6.07, 6.45) is 0. The molecule has 2 heterocycles. The van der Waals surface area contributed by atoms with Gasteiger partial charge in [0, 0.05) is 30.3 Å². The van der Waals surface area contributed by atoms with Crippen LogP contribution >= 0.6 is 0 Å². The van der Waals surface area contributed by atoms with Crippen LogP contribution in [0.3, 0.4) is 0 Å². The van der Waals surface area contributed by atoms with E-state index < -0.39 is 10.9 Å². The molecule has 3 aromatic rings. The Labute approximate surface area is 130 Å². The molecular formula is C15H11N4O4-. The van der Waals surface area contributed by atoms with E-state index in [1.807, 2.05) is 0 Å². The molecule has 0 saturated carbocycles. The lowest BCUT2D eigenvalue weighted by molar-refractivity contribution is -0.384. The second kappa shape index (κ2) is 5.16. The summed E-state index contributed by atoms with van der Waals surface area (Å²) in [6, 6.07) is 7.20. The summed E-state index contributed by atoms with van der Waals surface area (Å²) in [7, 11) is 1.65. The second-order valence-corrected chi connectivity index (χ2v) is 5.06. The van der Waals surface area contributed by atoms with Crippen molar-refractivity contribution in [3.05, 3.63) is 51.7 Å². The Hall–Kier alpha value is -3.29.